The minimum atomic E-state index is -0.573. The van der Waals surface area contributed by atoms with Gasteiger partial charge < -0.3 is 15.4 Å². The van der Waals surface area contributed by atoms with Crippen LogP contribution in [-0.2, 0) is 9.59 Å². The number of ether oxygens (including phenoxy) is 1. The Kier molecular flexibility index (Phi) is 6.90. The standard InChI is InChI=1S/C20H19ClN4O3S/c1-12-7-8-14(9-15(12)21)23-18(26)10-17-19(27)24-20(29-17)25-22-11-13-5-3-4-6-16(13)28-2/h3-9,11,17H,10H2,1-2H3,(H,23,26)(H,24,25,27)/b22-11-. The number of amides is 2. The molecule has 2 aromatic rings. The predicted octanol–water partition coefficient (Wildman–Crippen LogP) is 3.61. The third kappa shape index (κ3) is 5.58. The third-order valence-electron chi connectivity index (χ3n) is 4.09. The van der Waals surface area contributed by atoms with Gasteiger partial charge in [-0.1, -0.05) is 41.6 Å². The average Bonchev–Trinajstić information content (AvgIpc) is 3.04. The van der Waals surface area contributed by atoms with Gasteiger partial charge in [-0.2, -0.15) is 5.10 Å². The van der Waals surface area contributed by atoms with Gasteiger partial charge in [0.05, 0.1) is 13.3 Å². The van der Waals surface area contributed by atoms with E-state index < -0.39 is 5.25 Å². The summed E-state index contributed by atoms with van der Waals surface area (Å²) >= 11 is 7.23. The molecule has 9 heteroatoms. The lowest BCUT2D eigenvalue weighted by atomic mass is 10.2. The van der Waals surface area contributed by atoms with E-state index in [0.29, 0.717) is 21.6 Å². The second-order valence-electron chi connectivity index (χ2n) is 6.20. The smallest absolute Gasteiger partial charge is 0.240 e. The predicted molar refractivity (Wildman–Crippen MR) is 117 cm³/mol. The van der Waals surface area contributed by atoms with Gasteiger partial charge in [0.25, 0.3) is 0 Å². The minimum Gasteiger partial charge on any atom is -0.496 e. The molecule has 0 radical (unpaired) electrons. The summed E-state index contributed by atoms with van der Waals surface area (Å²) in [6.07, 6.45) is 1.55. The molecule has 0 spiro atoms. The summed E-state index contributed by atoms with van der Waals surface area (Å²) in [6, 6.07) is 12.6. The van der Waals surface area contributed by atoms with Gasteiger partial charge in [-0.15, -0.1) is 5.10 Å². The molecule has 1 heterocycles. The lowest BCUT2D eigenvalue weighted by Crippen LogP contribution is -2.28. The number of amidine groups is 1. The molecule has 1 fully saturated rings. The Morgan fingerprint density at radius 2 is 2.14 bits per heavy atom. The van der Waals surface area contributed by atoms with Crippen LogP contribution in [-0.4, -0.2) is 35.6 Å². The first kappa shape index (κ1) is 20.9. The van der Waals surface area contributed by atoms with Crippen molar-refractivity contribution in [3.8, 4) is 5.75 Å². The fourth-order valence-corrected chi connectivity index (χ4v) is 3.66. The zero-order valence-electron chi connectivity index (χ0n) is 15.8. The number of aryl methyl sites for hydroxylation is 1. The van der Waals surface area contributed by atoms with Gasteiger partial charge in [-0.05, 0) is 36.8 Å². The van der Waals surface area contributed by atoms with Crippen molar-refractivity contribution in [2.45, 2.75) is 18.6 Å². The van der Waals surface area contributed by atoms with E-state index in [1.807, 2.05) is 37.3 Å². The Balaban J connectivity index is 1.58. The highest BCUT2D eigenvalue weighted by Crippen LogP contribution is 2.24. The summed E-state index contributed by atoms with van der Waals surface area (Å²) < 4.78 is 5.24. The largest absolute Gasteiger partial charge is 0.496 e. The third-order valence-corrected chi connectivity index (χ3v) is 5.57. The number of carbonyl (C=O) groups is 2. The van der Waals surface area contributed by atoms with Gasteiger partial charge in [0.1, 0.15) is 11.0 Å². The van der Waals surface area contributed by atoms with E-state index in [1.165, 1.54) is 11.8 Å². The lowest BCUT2D eigenvalue weighted by Gasteiger charge is -2.08. The van der Waals surface area contributed by atoms with Crippen LogP contribution in [0.1, 0.15) is 17.5 Å². The molecule has 0 aromatic heterocycles. The second-order valence-corrected chi connectivity index (χ2v) is 7.80. The van der Waals surface area contributed by atoms with Crippen molar-refractivity contribution in [3.63, 3.8) is 0 Å². The Labute approximate surface area is 177 Å². The summed E-state index contributed by atoms with van der Waals surface area (Å²) in [6.45, 7) is 1.88. The Hall–Kier alpha value is -2.84. The maximum atomic E-state index is 12.3. The number of nitrogens with zero attached hydrogens (tertiary/aromatic N) is 2. The van der Waals surface area contributed by atoms with Crippen LogP contribution >= 0.6 is 23.4 Å². The normalized spacial score (nSPS) is 17.6. The molecule has 7 nitrogen and oxygen atoms in total. The van der Waals surface area contributed by atoms with Crippen LogP contribution in [0.2, 0.25) is 5.02 Å². The molecule has 1 aliphatic heterocycles. The number of benzene rings is 2. The number of thioether (sulfide) groups is 1. The van der Waals surface area contributed by atoms with Crippen molar-refractivity contribution < 1.29 is 14.3 Å². The zero-order chi connectivity index (χ0) is 20.8. The van der Waals surface area contributed by atoms with Gasteiger partial charge in [0.15, 0.2) is 5.17 Å². The maximum Gasteiger partial charge on any atom is 0.240 e. The van der Waals surface area contributed by atoms with E-state index >= 15 is 0 Å². The molecule has 2 amide bonds. The minimum absolute atomic E-state index is 0.0111. The zero-order valence-corrected chi connectivity index (χ0v) is 17.4. The molecule has 3 rings (SSSR count). The molecular weight excluding hydrogens is 412 g/mol. The van der Waals surface area contributed by atoms with Crippen LogP contribution in [0.5, 0.6) is 5.75 Å². The second kappa shape index (κ2) is 9.58. The number of hydrogen-bond donors (Lipinski definition) is 2. The first-order valence-electron chi connectivity index (χ1n) is 8.74. The fourth-order valence-electron chi connectivity index (χ4n) is 2.55. The first-order chi connectivity index (χ1) is 14.0. The number of hydrogen-bond acceptors (Lipinski definition) is 6. The monoisotopic (exact) mass is 430 g/mol. The number of halogens is 1. The molecule has 1 saturated heterocycles. The number of anilines is 1. The summed E-state index contributed by atoms with van der Waals surface area (Å²) in [5.41, 5.74) is 2.27. The van der Waals surface area contributed by atoms with Crippen molar-refractivity contribution in [2.24, 2.45) is 10.2 Å². The Morgan fingerprint density at radius 3 is 2.90 bits per heavy atom. The van der Waals surface area contributed by atoms with Crippen LogP contribution in [0.25, 0.3) is 0 Å². The summed E-state index contributed by atoms with van der Waals surface area (Å²) in [5, 5.41) is 13.7. The van der Waals surface area contributed by atoms with Gasteiger partial charge in [-0.3, -0.25) is 9.59 Å². The van der Waals surface area contributed by atoms with E-state index in [1.54, 1.807) is 25.5 Å². The highest BCUT2D eigenvalue weighted by atomic mass is 35.5. The average molecular weight is 431 g/mol. The van der Waals surface area contributed by atoms with Gasteiger partial charge >= 0.3 is 0 Å². The Bertz CT molecular complexity index is 993. The van der Waals surface area contributed by atoms with E-state index in [4.69, 9.17) is 16.3 Å². The van der Waals surface area contributed by atoms with Crippen LogP contribution in [0, 0.1) is 6.92 Å². The van der Waals surface area contributed by atoms with Crippen LogP contribution in [0.15, 0.2) is 52.7 Å². The Morgan fingerprint density at radius 1 is 1.34 bits per heavy atom. The highest BCUT2D eigenvalue weighted by Gasteiger charge is 2.32. The van der Waals surface area contributed by atoms with E-state index in [2.05, 4.69) is 20.8 Å². The van der Waals surface area contributed by atoms with Crippen molar-refractivity contribution in [1.29, 1.82) is 0 Å². The number of nitrogens with one attached hydrogen (secondary N) is 2. The molecule has 0 saturated carbocycles. The molecule has 2 aromatic carbocycles. The molecule has 1 atom stereocenters. The van der Waals surface area contributed by atoms with Crippen molar-refractivity contribution in [2.75, 3.05) is 12.4 Å². The molecular formula is C20H19ClN4O3S. The summed E-state index contributed by atoms with van der Waals surface area (Å²) in [4.78, 5) is 24.4. The van der Waals surface area contributed by atoms with E-state index in [9.17, 15) is 9.59 Å². The number of para-hydroxylation sites is 1. The number of carbonyl (C=O) groups excluding carboxylic acids is 2. The molecule has 1 unspecified atom stereocenters. The molecule has 0 bridgehead atoms. The highest BCUT2D eigenvalue weighted by molar-refractivity contribution is 8.15. The first-order valence-corrected chi connectivity index (χ1v) is 9.99. The van der Waals surface area contributed by atoms with Crippen molar-refractivity contribution >= 4 is 52.2 Å². The van der Waals surface area contributed by atoms with Crippen LogP contribution in [0.3, 0.4) is 0 Å². The van der Waals surface area contributed by atoms with E-state index in [0.717, 1.165) is 11.1 Å². The SMILES string of the molecule is COc1ccccc1/C=N\N=C1/NC(=O)C(CC(=O)Nc2ccc(C)c(Cl)c2)S1. The van der Waals surface area contributed by atoms with Gasteiger partial charge in [0, 0.05) is 22.7 Å². The van der Waals surface area contributed by atoms with Crippen molar-refractivity contribution in [1.82, 2.24) is 5.32 Å². The quantitative estimate of drug-likeness (QED) is 0.541. The van der Waals surface area contributed by atoms with Crippen LogP contribution in [0.4, 0.5) is 5.69 Å². The molecule has 1 aliphatic rings. The molecule has 2 N–H and O–H groups in total. The lowest BCUT2D eigenvalue weighted by molar-refractivity contribution is -0.122. The van der Waals surface area contributed by atoms with Gasteiger partial charge in [-0.25, -0.2) is 0 Å². The molecule has 0 aliphatic carbocycles. The van der Waals surface area contributed by atoms with E-state index in [-0.39, 0.29) is 18.2 Å². The molecule has 29 heavy (non-hydrogen) atoms. The summed E-state index contributed by atoms with van der Waals surface area (Å²) in [5.74, 6) is 0.111. The maximum absolute atomic E-state index is 12.3. The summed E-state index contributed by atoms with van der Waals surface area (Å²) in [7, 11) is 1.58. The van der Waals surface area contributed by atoms with Gasteiger partial charge in [0.2, 0.25) is 11.8 Å². The van der Waals surface area contributed by atoms with Crippen LogP contribution < -0.4 is 15.4 Å². The number of rotatable bonds is 6. The topological polar surface area (TPSA) is 92.2 Å². The molecule has 150 valence electrons. The van der Waals surface area contributed by atoms with Crippen molar-refractivity contribution in [3.05, 3.63) is 58.6 Å². The number of methoxy groups -OCH3 is 1. The fraction of sp³-hybridized carbons (Fsp3) is 0.200.